The average Bonchev–Trinajstić information content (AvgIpc) is 3.16. The highest BCUT2D eigenvalue weighted by Crippen LogP contribution is 2.39. The van der Waals surface area contributed by atoms with Crippen molar-refractivity contribution in [3.8, 4) is 5.75 Å². The Bertz CT molecular complexity index is 1060. The smallest absolute Gasteiger partial charge is 0.341 e. The fourth-order valence-corrected chi connectivity index (χ4v) is 4.97. The Hall–Kier alpha value is -2.96. The summed E-state index contributed by atoms with van der Waals surface area (Å²) in [5.41, 5.74) is 3.97. The Kier molecular flexibility index (Phi) is 6.79. The molecular weight excluding hydrogens is 408 g/mol. The zero-order valence-electron chi connectivity index (χ0n) is 17.8. The van der Waals surface area contributed by atoms with E-state index in [1.807, 2.05) is 37.3 Å². The summed E-state index contributed by atoms with van der Waals surface area (Å²) in [5, 5.41) is 0.723. The van der Waals surface area contributed by atoms with E-state index in [-0.39, 0.29) is 5.97 Å². The topological polar surface area (TPSA) is 51.1 Å². The van der Waals surface area contributed by atoms with Gasteiger partial charge in [-0.1, -0.05) is 30.3 Å². The van der Waals surface area contributed by atoms with Gasteiger partial charge in [0.2, 0.25) is 0 Å². The number of benzene rings is 2. The lowest BCUT2D eigenvalue weighted by Crippen LogP contribution is -2.29. The van der Waals surface area contributed by atoms with E-state index in [0.717, 1.165) is 47.9 Å². The summed E-state index contributed by atoms with van der Waals surface area (Å²) in [6, 6.07) is 18.2. The highest BCUT2D eigenvalue weighted by atomic mass is 32.1. The van der Waals surface area contributed by atoms with Crippen LogP contribution in [0.3, 0.4) is 0 Å². The Balaban J connectivity index is 1.59. The van der Waals surface area contributed by atoms with Crippen molar-refractivity contribution in [1.29, 1.82) is 0 Å². The van der Waals surface area contributed by atoms with Gasteiger partial charge in [0, 0.05) is 30.7 Å². The molecule has 0 N–H and O–H groups in total. The van der Waals surface area contributed by atoms with E-state index in [1.165, 1.54) is 10.4 Å². The molecule has 0 unspecified atom stereocenters. The number of carbonyl (C=O) groups is 1. The number of hydrogen-bond acceptors (Lipinski definition) is 6. The molecule has 3 aromatic rings. The van der Waals surface area contributed by atoms with Crippen LogP contribution in [0.15, 0.2) is 59.6 Å². The van der Waals surface area contributed by atoms with Gasteiger partial charge in [-0.3, -0.25) is 4.90 Å². The minimum absolute atomic E-state index is 0.279. The SMILES string of the molecule is CCOC(=O)c1c(N=Cc2ccc(OC)cc2)sc2c1CCN(Cc1ccccc1)C2. The predicted molar refractivity (Wildman–Crippen MR) is 125 cm³/mol. The van der Waals surface area contributed by atoms with E-state index >= 15 is 0 Å². The van der Waals surface area contributed by atoms with E-state index < -0.39 is 0 Å². The lowest BCUT2D eigenvalue weighted by atomic mass is 10.0. The first-order valence-electron chi connectivity index (χ1n) is 10.4. The third-order valence-electron chi connectivity index (χ3n) is 5.29. The van der Waals surface area contributed by atoms with Gasteiger partial charge in [-0.05, 0) is 54.3 Å². The van der Waals surface area contributed by atoms with Gasteiger partial charge in [0.25, 0.3) is 0 Å². The van der Waals surface area contributed by atoms with Crippen LogP contribution in [0.25, 0.3) is 0 Å². The molecule has 0 saturated carbocycles. The number of nitrogens with zero attached hydrogens (tertiary/aromatic N) is 2. The quantitative estimate of drug-likeness (QED) is 0.377. The van der Waals surface area contributed by atoms with Crippen LogP contribution in [0, 0.1) is 0 Å². The Morgan fingerprint density at radius 2 is 1.94 bits per heavy atom. The van der Waals surface area contributed by atoms with Crippen molar-refractivity contribution in [2.24, 2.45) is 4.99 Å². The van der Waals surface area contributed by atoms with E-state index in [2.05, 4.69) is 34.2 Å². The fourth-order valence-electron chi connectivity index (χ4n) is 3.75. The van der Waals surface area contributed by atoms with Gasteiger partial charge in [0.15, 0.2) is 0 Å². The number of rotatable bonds is 7. The first-order chi connectivity index (χ1) is 15.2. The van der Waals surface area contributed by atoms with E-state index in [4.69, 9.17) is 9.47 Å². The van der Waals surface area contributed by atoms with Crippen molar-refractivity contribution in [2.45, 2.75) is 26.4 Å². The largest absolute Gasteiger partial charge is 0.497 e. The summed E-state index contributed by atoms with van der Waals surface area (Å²) in [6.45, 7) is 4.81. The molecule has 0 bridgehead atoms. The van der Waals surface area contributed by atoms with Crippen LogP contribution < -0.4 is 4.74 Å². The third kappa shape index (κ3) is 5.03. The molecule has 5 nitrogen and oxygen atoms in total. The van der Waals surface area contributed by atoms with Crippen molar-refractivity contribution in [3.05, 3.63) is 81.7 Å². The van der Waals surface area contributed by atoms with Gasteiger partial charge in [0.1, 0.15) is 10.8 Å². The van der Waals surface area contributed by atoms with Crippen LogP contribution in [0.5, 0.6) is 5.75 Å². The number of ether oxygens (including phenoxy) is 2. The van der Waals surface area contributed by atoms with Crippen molar-refractivity contribution in [3.63, 3.8) is 0 Å². The highest BCUT2D eigenvalue weighted by molar-refractivity contribution is 7.16. The molecule has 1 aliphatic rings. The molecule has 0 radical (unpaired) electrons. The van der Waals surface area contributed by atoms with Crippen LogP contribution in [0.4, 0.5) is 5.00 Å². The van der Waals surface area contributed by atoms with E-state index in [9.17, 15) is 4.79 Å². The van der Waals surface area contributed by atoms with E-state index in [0.29, 0.717) is 12.2 Å². The van der Waals surface area contributed by atoms with Crippen LogP contribution in [-0.2, 0) is 24.2 Å². The Morgan fingerprint density at radius 1 is 1.16 bits per heavy atom. The van der Waals surface area contributed by atoms with Crippen molar-refractivity contribution < 1.29 is 14.3 Å². The molecule has 0 saturated heterocycles. The van der Waals surface area contributed by atoms with E-state index in [1.54, 1.807) is 24.7 Å². The minimum Gasteiger partial charge on any atom is -0.497 e. The molecule has 0 spiro atoms. The molecule has 2 aromatic carbocycles. The summed E-state index contributed by atoms with van der Waals surface area (Å²) in [4.78, 5) is 21.0. The van der Waals surface area contributed by atoms with Crippen molar-refractivity contribution >= 4 is 28.5 Å². The van der Waals surface area contributed by atoms with Gasteiger partial charge >= 0.3 is 5.97 Å². The molecule has 2 heterocycles. The van der Waals surface area contributed by atoms with Gasteiger partial charge in [-0.15, -0.1) is 11.3 Å². The van der Waals surface area contributed by atoms with Crippen molar-refractivity contribution in [1.82, 2.24) is 4.90 Å². The molecule has 6 heteroatoms. The number of hydrogen-bond donors (Lipinski definition) is 0. The molecular formula is C25H26N2O3S. The average molecular weight is 435 g/mol. The molecule has 0 fully saturated rings. The number of carbonyl (C=O) groups excluding carboxylic acids is 1. The van der Waals surface area contributed by atoms with Gasteiger partial charge < -0.3 is 9.47 Å². The van der Waals surface area contributed by atoms with Gasteiger partial charge in [-0.25, -0.2) is 9.79 Å². The molecule has 0 aliphatic carbocycles. The molecule has 31 heavy (non-hydrogen) atoms. The summed E-state index contributed by atoms with van der Waals surface area (Å²) < 4.78 is 10.6. The molecule has 4 rings (SSSR count). The lowest BCUT2D eigenvalue weighted by Gasteiger charge is -2.27. The summed E-state index contributed by atoms with van der Waals surface area (Å²) in [5.74, 6) is 0.521. The Labute approximate surface area is 187 Å². The second kappa shape index (κ2) is 9.90. The summed E-state index contributed by atoms with van der Waals surface area (Å²) >= 11 is 1.59. The Morgan fingerprint density at radius 3 is 2.65 bits per heavy atom. The number of esters is 1. The first kappa shape index (κ1) is 21.3. The highest BCUT2D eigenvalue weighted by Gasteiger charge is 2.28. The number of thiophene rings is 1. The standard InChI is InChI=1S/C25H26N2O3S/c1-3-30-25(28)23-21-13-14-27(16-19-7-5-4-6-8-19)17-22(21)31-24(23)26-15-18-9-11-20(29-2)12-10-18/h4-12,15H,3,13-14,16-17H2,1-2H3. The second-order valence-electron chi connectivity index (χ2n) is 7.38. The fraction of sp³-hybridized carbons (Fsp3) is 0.280. The van der Waals surface area contributed by atoms with Gasteiger partial charge in [0.05, 0.1) is 19.3 Å². The van der Waals surface area contributed by atoms with Gasteiger partial charge in [-0.2, -0.15) is 0 Å². The van der Waals surface area contributed by atoms with Crippen LogP contribution in [0.2, 0.25) is 0 Å². The zero-order chi connectivity index (χ0) is 21.6. The summed E-state index contributed by atoms with van der Waals surface area (Å²) in [7, 11) is 1.64. The third-order valence-corrected chi connectivity index (χ3v) is 6.42. The first-order valence-corrected chi connectivity index (χ1v) is 11.3. The molecule has 1 aliphatic heterocycles. The predicted octanol–water partition coefficient (Wildman–Crippen LogP) is 5.24. The maximum absolute atomic E-state index is 12.7. The zero-order valence-corrected chi connectivity index (χ0v) is 18.7. The summed E-state index contributed by atoms with van der Waals surface area (Å²) in [6.07, 6.45) is 2.62. The van der Waals surface area contributed by atoms with Crippen molar-refractivity contribution in [2.75, 3.05) is 20.3 Å². The maximum atomic E-state index is 12.7. The minimum atomic E-state index is -0.279. The number of aliphatic imine (C=N–C) groups is 1. The number of fused-ring (bicyclic) bond motifs is 1. The number of methoxy groups -OCH3 is 1. The van der Waals surface area contributed by atoms with Crippen LogP contribution >= 0.6 is 11.3 Å². The molecule has 0 amide bonds. The van der Waals surface area contributed by atoms with Crippen LogP contribution in [0.1, 0.15) is 38.8 Å². The second-order valence-corrected chi connectivity index (χ2v) is 8.47. The molecule has 0 atom stereocenters. The monoisotopic (exact) mass is 434 g/mol. The molecule has 1 aromatic heterocycles. The normalized spacial score (nSPS) is 13.9. The maximum Gasteiger partial charge on any atom is 0.341 e. The molecule has 160 valence electrons. The van der Waals surface area contributed by atoms with Crippen LogP contribution in [-0.4, -0.2) is 37.3 Å². The lowest BCUT2D eigenvalue weighted by molar-refractivity contribution is 0.0526.